The number of aryl methyl sites for hydroxylation is 1. The topological polar surface area (TPSA) is 75.5 Å². The van der Waals surface area contributed by atoms with Crippen LogP contribution >= 0.6 is 0 Å². The summed E-state index contributed by atoms with van der Waals surface area (Å²) in [5.41, 5.74) is 2.32. The van der Waals surface area contributed by atoms with E-state index in [1.807, 2.05) is 11.8 Å². The van der Waals surface area contributed by atoms with Gasteiger partial charge in [-0.05, 0) is 62.6 Å². The van der Waals surface area contributed by atoms with Crippen molar-refractivity contribution < 1.29 is 22.0 Å². The van der Waals surface area contributed by atoms with Crippen molar-refractivity contribution in [1.29, 1.82) is 0 Å². The van der Waals surface area contributed by atoms with Crippen molar-refractivity contribution in [3.8, 4) is 5.69 Å². The van der Waals surface area contributed by atoms with Gasteiger partial charge in [0.15, 0.2) is 9.84 Å². The number of halogens is 2. The molecule has 7 nitrogen and oxygen atoms in total. The fourth-order valence-corrected chi connectivity index (χ4v) is 5.44. The van der Waals surface area contributed by atoms with E-state index < -0.39 is 15.5 Å². The van der Waals surface area contributed by atoms with Gasteiger partial charge in [-0.1, -0.05) is 6.07 Å². The van der Waals surface area contributed by atoms with E-state index in [9.17, 15) is 22.0 Å². The van der Waals surface area contributed by atoms with Crippen molar-refractivity contribution in [1.82, 2.24) is 14.7 Å². The Balaban J connectivity index is 1.43. The van der Waals surface area contributed by atoms with Crippen LogP contribution in [0, 0.1) is 12.7 Å². The second kappa shape index (κ2) is 8.69. The zero-order valence-corrected chi connectivity index (χ0v) is 21.3. The van der Waals surface area contributed by atoms with Gasteiger partial charge in [0.1, 0.15) is 17.2 Å². The van der Waals surface area contributed by atoms with Gasteiger partial charge in [-0.15, -0.1) is 0 Å². The van der Waals surface area contributed by atoms with Gasteiger partial charge < -0.3 is 9.80 Å². The third-order valence-electron chi connectivity index (χ3n) is 6.99. The summed E-state index contributed by atoms with van der Waals surface area (Å²) in [5, 5.41) is 4.51. The zero-order chi connectivity index (χ0) is 25.8. The van der Waals surface area contributed by atoms with Gasteiger partial charge in [-0.25, -0.2) is 21.9 Å². The molecule has 0 N–H and O–H groups in total. The number of fused-ring (bicyclic) bond motifs is 1. The molecule has 5 rings (SSSR count). The molecule has 0 unspecified atom stereocenters. The highest BCUT2D eigenvalue weighted by Crippen LogP contribution is 2.34. The van der Waals surface area contributed by atoms with E-state index in [0.29, 0.717) is 43.0 Å². The number of sulfone groups is 1. The fraction of sp³-hybridized carbons (Fsp3) is 0.385. The van der Waals surface area contributed by atoms with Gasteiger partial charge in [0.2, 0.25) is 0 Å². The van der Waals surface area contributed by atoms with E-state index in [-0.39, 0.29) is 35.3 Å². The molecule has 0 saturated carbocycles. The maximum Gasteiger partial charge on any atom is 0.256 e. The van der Waals surface area contributed by atoms with Crippen LogP contribution in [0.25, 0.3) is 5.69 Å². The molecule has 1 saturated heterocycles. The van der Waals surface area contributed by atoms with Gasteiger partial charge in [-0.3, -0.25) is 4.79 Å². The molecule has 10 heteroatoms. The van der Waals surface area contributed by atoms with Crippen molar-refractivity contribution in [2.24, 2.45) is 0 Å². The van der Waals surface area contributed by atoms with Crippen LogP contribution in [0.2, 0.25) is 0 Å². The van der Waals surface area contributed by atoms with E-state index in [2.05, 4.69) is 5.10 Å². The summed E-state index contributed by atoms with van der Waals surface area (Å²) in [6.45, 7) is 4.80. The average Bonchev–Trinajstić information content (AvgIpc) is 3.39. The van der Waals surface area contributed by atoms with Crippen LogP contribution in [-0.4, -0.2) is 54.0 Å². The van der Waals surface area contributed by atoms with E-state index >= 15 is 0 Å². The molecule has 36 heavy (non-hydrogen) atoms. The number of rotatable bonds is 4. The first-order chi connectivity index (χ1) is 16.9. The van der Waals surface area contributed by atoms with Crippen LogP contribution in [0.3, 0.4) is 0 Å². The number of amides is 1. The second-order valence-corrected chi connectivity index (χ2v) is 12.0. The maximum absolute atomic E-state index is 14.4. The van der Waals surface area contributed by atoms with E-state index in [1.54, 1.807) is 36.2 Å². The predicted molar refractivity (Wildman–Crippen MR) is 132 cm³/mol. The van der Waals surface area contributed by atoms with Crippen LogP contribution in [0.5, 0.6) is 0 Å². The number of piperidine rings is 1. The molecule has 1 fully saturated rings. The lowest BCUT2D eigenvalue weighted by Gasteiger charge is -2.36. The van der Waals surface area contributed by atoms with E-state index in [4.69, 9.17) is 0 Å². The highest BCUT2D eigenvalue weighted by Gasteiger charge is 2.34. The van der Waals surface area contributed by atoms with Gasteiger partial charge in [-0.2, -0.15) is 5.10 Å². The second-order valence-electron chi connectivity index (χ2n) is 10.0. The summed E-state index contributed by atoms with van der Waals surface area (Å²) < 4.78 is 54.7. The molecule has 0 spiro atoms. The largest absolute Gasteiger partial charge is 0.371 e. The molecular weight excluding hydrogens is 486 g/mol. The minimum Gasteiger partial charge on any atom is -0.371 e. The van der Waals surface area contributed by atoms with Crippen LogP contribution in [0.1, 0.15) is 46.9 Å². The monoisotopic (exact) mass is 514 g/mol. The number of anilines is 1. The summed E-state index contributed by atoms with van der Waals surface area (Å²) >= 11 is 0. The van der Waals surface area contributed by atoms with E-state index in [0.717, 1.165) is 17.4 Å². The molecular formula is C26H28F2N4O3S. The van der Waals surface area contributed by atoms with Crippen LogP contribution in [0.4, 0.5) is 14.5 Å². The summed E-state index contributed by atoms with van der Waals surface area (Å²) in [7, 11) is -3.54. The van der Waals surface area contributed by atoms with Crippen LogP contribution < -0.4 is 4.90 Å². The highest BCUT2D eigenvalue weighted by molar-refractivity contribution is 7.90. The standard InChI is InChI=1S/C26H28F2N4O3S/c1-17-4-6-21(27)24(12-17)32-15-18-14-31(16-22(18)29-32)25(33)20-13-19(36(3,34)35)5-7-23(20)30-10-8-26(2,28)9-11-30/h4-7,12-13,15H,8-11,14,16H2,1-3H3. The Labute approximate surface area is 209 Å². The predicted octanol–water partition coefficient (Wildman–Crippen LogP) is 4.21. The first-order valence-corrected chi connectivity index (χ1v) is 13.7. The lowest BCUT2D eigenvalue weighted by molar-refractivity contribution is 0.0749. The Kier molecular flexibility index (Phi) is 5.89. The quantitative estimate of drug-likeness (QED) is 0.522. The fourth-order valence-electron chi connectivity index (χ4n) is 4.80. The number of carbonyl (C=O) groups is 1. The number of aromatic nitrogens is 2. The Morgan fingerprint density at radius 3 is 2.44 bits per heavy atom. The Morgan fingerprint density at radius 2 is 1.78 bits per heavy atom. The Bertz CT molecular complexity index is 1430. The molecule has 3 heterocycles. The molecule has 2 aliphatic heterocycles. The van der Waals surface area contributed by atoms with Crippen molar-refractivity contribution in [3.63, 3.8) is 0 Å². The minimum absolute atomic E-state index is 0.0546. The first-order valence-electron chi connectivity index (χ1n) is 11.8. The molecule has 2 aliphatic rings. The summed E-state index contributed by atoms with van der Waals surface area (Å²) in [4.78, 5) is 17.3. The van der Waals surface area contributed by atoms with Gasteiger partial charge in [0, 0.05) is 43.3 Å². The molecule has 1 aromatic heterocycles. The number of carbonyl (C=O) groups excluding carboxylic acids is 1. The van der Waals surface area contributed by atoms with Crippen LogP contribution in [0.15, 0.2) is 47.5 Å². The van der Waals surface area contributed by atoms with E-state index in [1.165, 1.54) is 22.9 Å². The third kappa shape index (κ3) is 4.61. The Morgan fingerprint density at radius 1 is 1.06 bits per heavy atom. The molecule has 1 amide bonds. The molecule has 0 atom stereocenters. The van der Waals surface area contributed by atoms with Crippen LogP contribution in [-0.2, 0) is 22.9 Å². The number of hydrogen-bond donors (Lipinski definition) is 0. The average molecular weight is 515 g/mol. The molecule has 190 valence electrons. The molecule has 0 radical (unpaired) electrons. The van der Waals surface area contributed by atoms with Crippen molar-refractivity contribution in [2.75, 3.05) is 24.2 Å². The molecule has 0 bridgehead atoms. The number of hydrogen-bond acceptors (Lipinski definition) is 5. The number of nitrogens with zero attached hydrogens (tertiary/aromatic N) is 4. The summed E-state index contributed by atoms with van der Waals surface area (Å²) in [6.07, 6.45) is 3.48. The normalized spacial score (nSPS) is 17.4. The molecule has 2 aromatic carbocycles. The molecule has 3 aromatic rings. The number of benzene rings is 2. The first kappa shape index (κ1) is 24.4. The SMILES string of the molecule is Cc1ccc(F)c(-n2cc3c(n2)CN(C(=O)c2cc(S(C)(=O)=O)ccc2N2CCC(C)(F)CC2)C3)c1. The minimum atomic E-state index is -3.54. The highest BCUT2D eigenvalue weighted by atomic mass is 32.2. The third-order valence-corrected chi connectivity index (χ3v) is 8.10. The van der Waals surface area contributed by atoms with Crippen molar-refractivity contribution in [3.05, 3.63) is 70.8 Å². The van der Waals surface area contributed by atoms with Gasteiger partial charge in [0.25, 0.3) is 5.91 Å². The zero-order valence-electron chi connectivity index (χ0n) is 20.5. The maximum atomic E-state index is 14.4. The lowest BCUT2D eigenvalue weighted by Crippen LogP contribution is -2.41. The summed E-state index contributed by atoms with van der Waals surface area (Å²) in [5.74, 6) is -0.710. The van der Waals surface area contributed by atoms with Gasteiger partial charge >= 0.3 is 0 Å². The van der Waals surface area contributed by atoms with Crippen molar-refractivity contribution in [2.45, 2.75) is 50.3 Å². The number of alkyl halides is 1. The van der Waals surface area contributed by atoms with Crippen molar-refractivity contribution >= 4 is 21.4 Å². The summed E-state index contributed by atoms with van der Waals surface area (Å²) in [6, 6.07) is 9.34. The van der Waals surface area contributed by atoms with Gasteiger partial charge in [0.05, 0.1) is 22.7 Å². The Hall–Kier alpha value is -3.27. The lowest BCUT2D eigenvalue weighted by atomic mass is 9.94. The molecule has 0 aliphatic carbocycles. The smallest absolute Gasteiger partial charge is 0.256 e.